The first-order chi connectivity index (χ1) is 14.9. The van der Waals surface area contributed by atoms with E-state index in [1.54, 1.807) is 24.3 Å². The monoisotopic (exact) mass is 443 g/mol. The number of methoxy groups -OCH3 is 3. The van der Waals surface area contributed by atoms with Crippen LogP contribution in [-0.4, -0.2) is 54.9 Å². The van der Waals surface area contributed by atoms with Gasteiger partial charge in [0.25, 0.3) is 11.5 Å². The molecule has 2 bridgehead atoms. The number of pyridine rings is 1. The summed E-state index contributed by atoms with van der Waals surface area (Å²) in [4.78, 5) is 27.1. The van der Waals surface area contributed by atoms with Crippen LogP contribution in [0.5, 0.6) is 17.2 Å². The van der Waals surface area contributed by atoms with Gasteiger partial charge in [-0.1, -0.05) is 6.07 Å². The molecule has 1 aromatic heterocycles. The van der Waals surface area contributed by atoms with E-state index in [1.165, 1.54) is 21.3 Å². The van der Waals surface area contributed by atoms with Crippen molar-refractivity contribution in [1.29, 1.82) is 0 Å². The molecule has 9 heteroatoms. The van der Waals surface area contributed by atoms with Crippen molar-refractivity contribution >= 4 is 23.2 Å². The van der Waals surface area contributed by atoms with Gasteiger partial charge < -0.3 is 23.7 Å². The Hall–Kier alpha value is -3.07. The van der Waals surface area contributed by atoms with Crippen molar-refractivity contribution in [2.45, 2.75) is 18.9 Å². The van der Waals surface area contributed by atoms with E-state index in [1.807, 2.05) is 15.5 Å². The fraction of sp³-hybridized carbons (Fsp3) is 0.409. The maximum absolute atomic E-state index is 12.9. The lowest BCUT2D eigenvalue weighted by Gasteiger charge is -2.43. The summed E-state index contributed by atoms with van der Waals surface area (Å²) in [6.45, 7) is 2.03. The number of likely N-dealkylation sites (tertiary alicyclic amines) is 1. The highest BCUT2D eigenvalue weighted by molar-refractivity contribution is 7.80. The molecule has 2 atom stereocenters. The number of benzene rings is 1. The van der Waals surface area contributed by atoms with E-state index in [0.717, 1.165) is 12.1 Å². The Morgan fingerprint density at radius 1 is 1.06 bits per heavy atom. The third-order valence-electron chi connectivity index (χ3n) is 5.91. The standard InChI is InChI=1S/C22H25N3O5S/c1-28-17-8-14(9-18(29-2)20(17)30-3)21(27)23-22(31)24-10-13-7-15(12-24)16-5-4-6-19(26)25(16)11-13/h4-6,8-9,13,15H,7,10-12H2,1-3H3,(H,23,27,31)/t13-,15+/m0/s1. The molecule has 1 saturated heterocycles. The first kappa shape index (κ1) is 21.2. The van der Waals surface area contributed by atoms with E-state index in [4.69, 9.17) is 26.4 Å². The van der Waals surface area contributed by atoms with Crippen molar-refractivity contribution < 1.29 is 19.0 Å². The van der Waals surface area contributed by atoms with Crippen molar-refractivity contribution in [1.82, 2.24) is 14.8 Å². The number of thiocarbonyl (C=S) groups is 1. The van der Waals surface area contributed by atoms with Crippen molar-refractivity contribution in [2.75, 3.05) is 34.4 Å². The SMILES string of the molecule is COc1cc(C(=O)NC(=S)N2C[C@@H]3C[C@H](C2)c2cccc(=O)n2C3)cc(OC)c1OC. The Kier molecular flexibility index (Phi) is 5.86. The fourth-order valence-corrected chi connectivity index (χ4v) is 4.76. The molecule has 3 heterocycles. The molecule has 2 aromatic rings. The van der Waals surface area contributed by atoms with Crippen LogP contribution in [0, 0.1) is 5.92 Å². The summed E-state index contributed by atoms with van der Waals surface area (Å²) in [5.74, 6) is 1.37. The summed E-state index contributed by atoms with van der Waals surface area (Å²) >= 11 is 5.56. The quantitative estimate of drug-likeness (QED) is 0.724. The molecule has 0 aliphatic carbocycles. The van der Waals surface area contributed by atoms with Gasteiger partial charge in [0.1, 0.15) is 0 Å². The van der Waals surface area contributed by atoms with Crippen LogP contribution in [0.15, 0.2) is 35.1 Å². The second-order valence-electron chi connectivity index (χ2n) is 7.78. The molecule has 2 aliphatic heterocycles. The number of aromatic nitrogens is 1. The van der Waals surface area contributed by atoms with Gasteiger partial charge in [-0.25, -0.2) is 0 Å². The molecule has 4 rings (SSSR count). The van der Waals surface area contributed by atoms with Crippen LogP contribution in [0.25, 0.3) is 0 Å². The Bertz CT molecular complexity index is 1060. The van der Waals surface area contributed by atoms with E-state index < -0.39 is 0 Å². The van der Waals surface area contributed by atoms with Crippen LogP contribution in [0.2, 0.25) is 0 Å². The zero-order chi connectivity index (χ0) is 22.1. The largest absolute Gasteiger partial charge is 0.493 e. The van der Waals surface area contributed by atoms with Gasteiger partial charge in [-0.15, -0.1) is 0 Å². The number of nitrogens with zero attached hydrogens (tertiary/aromatic N) is 2. The number of ether oxygens (including phenoxy) is 3. The number of carbonyl (C=O) groups excluding carboxylic acids is 1. The third-order valence-corrected chi connectivity index (χ3v) is 6.27. The van der Waals surface area contributed by atoms with Gasteiger partial charge in [0.2, 0.25) is 5.75 Å². The average molecular weight is 444 g/mol. The average Bonchev–Trinajstić information content (AvgIpc) is 2.78. The molecule has 1 amide bonds. The number of piperidine rings is 1. The number of amides is 1. The van der Waals surface area contributed by atoms with Gasteiger partial charge in [-0.05, 0) is 42.8 Å². The second kappa shape index (κ2) is 8.58. The maximum atomic E-state index is 12.9. The molecule has 8 nitrogen and oxygen atoms in total. The molecule has 1 N–H and O–H groups in total. The topological polar surface area (TPSA) is 82.0 Å². The predicted octanol–water partition coefficient (Wildman–Crippen LogP) is 2.01. The van der Waals surface area contributed by atoms with Crippen LogP contribution in [0.1, 0.15) is 28.4 Å². The first-order valence-corrected chi connectivity index (χ1v) is 10.5. The number of carbonyl (C=O) groups is 1. The number of hydrogen-bond acceptors (Lipinski definition) is 6. The van der Waals surface area contributed by atoms with Gasteiger partial charge in [-0.2, -0.15) is 0 Å². The number of rotatable bonds is 4. The second-order valence-corrected chi connectivity index (χ2v) is 8.16. The van der Waals surface area contributed by atoms with Gasteiger partial charge >= 0.3 is 0 Å². The van der Waals surface area contributed by atoms with Gasteiger partial charge in [0.15, 0.2) is 16.6 Å². The highest BCUT2D eigenvalue weighted by Gasteiger charge is 2.35. The number of fused-ring (bicyclic) bond motifs is 4. The normalized spacial score (nSPS) is 19.3. The summed E-state index contributed by atoms with van der Waals surface area (Å²) in [5, 5.41) is 3.20. The Balaban J connectivity index is 1.51. The molecule has 0 saturated carbocycles. The summed E-state index contributed by atoms with van der Waals surface area (Å²) < 4.78 is 17.8. The maximum Gasteiger partial charge on any atom is 0.257 e. The Morgan fingerprint density at radius 2 is 1.77 bits per heavy atom. The lowest BCUT2D eigenvalue weighted by atomic mass is 9.83. The van der Waals surface area contributed by atoms with E-state index in [9.17, 15) is 9.59 Å². The van der Waals surface area contributed by atoms with E-state index in [-0.39, 0.29) is 17.4 Å². The Morgan fingerprint density at radius 3 is 2.42 bits per heavy atom. The summed E-state index contributed by atoms with van der Waals surface area (Å²) in [6.07, 6.45) is 1.02. The highest BCUT2D eigenvalue weighted by Crippen LogP contribution is 2.38. The van der Waals surface area contributed by atoms with Gasteiger partial charge in [0.05, 0.1) is 21.3 Å². The molecular weight excluding hydrogens is 418 g/mol. The molecule has 31 heavy (non-hydrogen) atoms. The minimum Gasteiger partial charge on any atom is -0.493 e. The molecule has 0 unspecified atom stereocenters. The van der Waals surface area contributed by atoms with Gasteiger partial charge in [-0.3, -0.25) is 14.9 Å². The zero-order valence-electron chi connectivity index (χ0n) is 17.7. The van der Waals surface area contributed by atoms with Crippen LogP contribution < -0.4 is 25.1 Å². The molecule has 164 valence electrons. The highest BCUT2D eigenvalue weighted by atomic mass is 32.1. The number of hydrogen-bond donors (Lipinski definition) is 1. The lowest BCUT2D eigenvalue weighted by molar-refractivity contribution is 0.0967. The zero-order valence-corrected chi connectivity index (χ0v) is 18.5. The van der Waals surface area contributed by atoms with Crippen LogP contribution in [0.4, 0.5) is 0 Å². The van der Waals surface area contributed by atoms with Crippen molar-refractivity contribution in [3.8, 4) is 17.2 Å². The molecule has 2 aliphatic rings. The van der Waals surface area contributed by atoms with Crippen molar-refractivity contribution in [3.63, 3.8) is 0 Å². The van der Waals surface area contributed by atoms with E-state index in [2.05, 4.69) is 5.32 Å². The Labute approximate surface area is 185 Å². The molecule has 1 aromatic carbocycles. The summed E-state index contributed by atoms with van der Waals surface area (Å²) in [6, 6.07) is 8.59. The molecule has 0 spiro atoms. The minimum atomic E-state index is -0.350. The predicted molar refractivity (Wildman–Crippen MR) is 119 cm³/mol. The fourth-order valence-electron chi connectivity index (χ4n) is 4.52. The summed E-state index contributed by atoms with van der Waals surface area (Å²) in [7, 11) is 4.51. The smallest absolute Gasteiger partial charge is 0.257 e. The van der Waals surface area contributed by atoms with Crippen molar-refractivity contribution in [2.24, 2.45) is 5.92 Å². The van der Waals surface area contributed by atoms with Crippen molar-refractivity contribution in [3.05, 3.63) is 51.9 Å². The lowest BCUT2D eigenvalue weighted by Crippen LogP contribution is -2.52. The minimum absolute atomic E-state index is 0.0407. The first-order valence-electron chi connectivity index (χ1n) is 10.0. The summed E-state index contributed by atoms with van der Waals surface area (Å²) in [5.41, 5.74) is 1.43. The molecule has 1 fully saturated rings. The molecular formula is C22H25N3O5S. The third kappa shape index (κ3) is 3.97. The molecule has 0 radical (unpaired) electrons. The van der Waals surface area contributed by atoms with Crippen LogP contribution in [-0.2, 0) is 6.54 Å². The van der Waals surface area contributed by atoms with E-state index in [0.29, 0.717) is 53.5 Å². The number of nitrogens with one attached hydrogen (secondary N) is 1. The van der Waals surface area contributed by atoms with E-state index >= 15 is 0 Å². The van der Waals surface area contributed by atoms with Crippen LogP contribution >= 0.6 is 12.2 Å². The van der Waals surface area contributed by atoms with Crippen LogP contribution in [0.3, 0.4) is 0 Å². The van der Waals surface area contributed by atoms with Gasteiger partial charge in [0, 0.05) is 42.9 Å².